The van der Waals surface area contributed by atoms with E-state index in [0.29, 0.717) is 42.5 Å². The van der Waals surface area contributed by atoms with Gasteiger partial charge in [-0.15, -0.1) is 0 Å². The zero-order valence-electron chi connectivity index (χ0n) is 18.1. The Morgan fingerprint density at radius 3 is 2.67 bits per heavy atom. The summed E-state index contributed by atoms with van der Waals surface area (Å²) in [6.45, 7) is 13.9. The lowest BCUT2D eigenvalue weighted by Gasteiger charge is -2.16. The normalized spacial score (nSPS) is 11.3. The predicted molar refractivity (Wildman–Crippen MR) is 117 cm³/mol. The van der Waals surface area contributed by atoms with E-state index in [1.54, 1.807) is 19.2 Å². The minimum absolute atomic E-state index is 0.121. The predicted octanol–water partition coefficient (Wildman–Crippen LogP) is 5.55. The van der Waals surface area contributed by atoms with Gasteiger partial charge < -0.3 is 18.9 Å². The highest BCUT2D eigenvalue weighted by molar-refractivity contribution is 5.86. The maximum atomic E-state index is 11.2. The number of methoxy groups -OCH3 is 1. The number of esters is 1. The molecule has 0 bridgehead atoms. The van der Waals surface area contributed by atoms with Gasteiger partial charge in [0, 0.05) is 36.1 Å². The highest BCUT2D eigenvalue weighted by Gasteiger charge is 2.12. The summed E-state index contributed by atoms with van der Waals surface area (Å²) in [5, 5.41) is 0.859. The molecule has 1 aromatic heterocycles. The Morgan fingerprint density at radius 1 is 1.23 bits per heavy atom. The molecule has 160 valence electrons. The van der Waals surface area contributed by atoms with Gasteiger partial charge in [0.25, 0.3) is 0 Å². The van der Waals surface area contributed by atoms with Gasteiger partial charge in [0.2, 0.25) is 0 Å². The van der Waals surface area contributed by atoms with Crippen molar-refractivity contribution in [3.05, 3.63) is 67.0 Å². The van der Waals surface area contributed by atoms with Crippen LogP contribution in [0.15, 0.2) is 67.0 Å². The molecule has 0 aliphatic rings. The Labute approximate surface area is 177 Å². The van der Waals surface area contributed by atoms with Gasteiger partial charge in [-0.1, -0.05) is 27.0 Å². The first-order valence-corrected chi connectivity index (χ1v) is 9.80. The monoisotopic (exact) mass is 411 g/mol. The summed E-state index contributed by atoms with van der Waals surface area (Å²) in [7, 11) is 1.38. The van der Waals surface area contributed by atoms with Crippen LogP contribution >= 0.6 is 0 Å². The number of aromatic nitrogens is 1. The van der Waals surface area contributed by atoms with Crippen LogP contribution in [0.1, 0.15) is 33.6 Å². The number of benzene rings is 1. The van der Waals surface area contributed by atoms with Gasteiger partial charge in [0.05, 0.1) is 25.0 Å². The Balaban J connectivity index is 2.16. The first-order chi connectivity index (χ1) is 14.3. The number of nitrogens with zero attached hydrogens (tertiary/aromatic N) is 1. The second kappa shape index (κ2) is 11.0. The Kier molecular flexibility index (Phi) is 8.47. The summed E-state index contributed by atoms with van der Waals surface area (Å²) in [5.74, 6) is 2.99. The van der Waals surface area contributed by atoms with Gasteiger partial charge in [-0.3, -0.25) is 9.78 Å². The largest absolute Gasteiger partial charge is 0.494 e. The van der Waals surface area contributed by atoms with Crippen molar-refractivity contribution in [1.82, 2.24) is 4.98 Å². The lowest BCUT2D eigenvalue weighted by atomic mass is 10.1. The first kappa shape index (κ1) is 23.0. The van der Waals surface area contributed by atoms with E-state index in [1.165, 1.54) is 7.11 Å². The van der Waals surface area contributed by atoms with E-state index in [9.17, 15) is 4.79 Å². The molecule has 0 aliphatic heterocycles. The third kappa shape index (κ3) is 6.95. The molecule has 0 radical (unpaired) electrons. The minimum Gasteiger partial charge on any atom is -0.494 e. The quantitative estimate of drug-likeness (QED) is 0.209. The molecule has 1 aromatic carbocycles. The number of hydrogen-bond acceptors (Lipinski definition) is 6. The number of carbonyl (C=O) groups excluding carboxylic acids is 1. The number of fused-ring (bicyclic) bond motifs is 1. The highest BCUT2D eigenvalue weighted by atomic mass is 16.5. The minimum atomic E-state index is -0.245. The fourth-order valence-corrected chi connectivity index (χ4v) is 2.64. The smallest absolute Gasteiger partial charge is 0.305 e. The molecule has 0 saturated carbocycles. The average Bonchev–Trinajstić information content (AvgIpc) is 2.69. The van der Waals surface area contributed by atoms with Crippen molar-refractivity contribution in [1.29, 1.82) is 0 Å². The van der Waals surface area contributed by atoms with E-state index in [-0.39, 0.29) is 11.9 Å². The SMILES string of the molecule is C=C(C)OC(=C)/C=C(/Oc1ccnc2cc(OCCCC(=O)OC)ccc12)C(C)C. The maximum Gasteiger partial charge on any atom is 0.305 e. The molecule has 6 nitrogen and oxygen atoms in total. The van der Waals surface area contributed by atoms with E-state index in [4.69, 9.17) is 14.2 Å². The van der Waals surface area contributed by atoms with E-state index in [0.717, 1.165) is 16.7 Å². The highest BCUT2D eigenvalue weighted by Crippen LogP contribution is 2.30. The van der Waals surface area contributed by atoms with Crippen molar-refractivity contribution in [2.24, 2.45) is 5.92 Å². The Hall–Kier alpha value is -3.28. The van der Waals surface area contributed by atoms with Crippen LogP contribution < -0.4 is 9.47 Å². The molecule has 1 heterocycles. The molecular formula is C24H29NO5. The molecule has 0 fully saturated rings. The molecular weight excluding hydrogens is 382 g/mol. The van der Waals surface area contributed by atoms with E-state index >= 15 is 0 Å². The van der Waals surface area contributed by atoms with Gasteiger partial charge in [0.15, 0.2) is 0 Å². The van der Waals surface area contributed by atoms with E-state index in [2.05, 4.69) is 22.9 Å². The number of pyridine rings is 1. The molecule has 30 heavy (non-hydrogen) atoms. The molecule has 0 unspecified atom stereocenters. The fraction of sp³-hybridized carbons (Fsp3) is 0.333. The Morgan fingerprint density at radius 2 is 2.00 bits per heavy atom. The lowest BCUT2D eigenvalue weighted by Crippen LogP contribution is -2.05. The summed E-state index contributed by atoms with van der Waals surface area (Å²) >= 11 is 0. The number of carbonyl (C=O) groups is 1. The summed E-state index contributed by atoms with van der Waals surface area (Å²) < 4.78 is 22.0. The fourth-order valence-electron chi connectivity index (χ4n) is 2.64. The average molecular weight is 411 g/mol. The van der Waals surface area contributed by atoms with Crippen molar-refractivity contribution in [2.75, 3.05) is 13.7 Å². The number of ether oxygens (including phenoxy) is 4. The van der Waals surface area contributed by atoms with Crippen LogP contribution in [0.4, 0.5) is 0 Å². The van der Waals surface area contributed by atoms with Gasteiger partial charge in [0.1, 0.15) is 23.0 Å². The van der Waals surface area contributed by atoms with Crippen molar-refractivity contribution in [2.45, 2.75) is 33.6 Å². The van der Waals surface area contributed by atoms with Gasteiger partial charge in [-0.25, -0.2) is 0 Å². The molecule has 0 amide bonds. The van der Waals surface area contributed by atoms with Gasteiger partial charge in [-0.2, -0.15) is 0 Å². The number of allylic oxidation sites excluding steroid dienone is 3. The van der Waals surface area contributed by atoms with E-state index < -0.39 is 0 Å². The van der Waals surface area contributed by atoms with Gasteiger partial charge in [-0.05, 0) is 31.5 Å². The summed E-state index contributed by atoms with van der Waals surface area (Å²) in [4.78, 5) is 15.6. The summed E-state index contributed by atoms with van der Waals surface area (Å²) in [5.41, 5.74) is 0.748. The summed E-state index contributed by atoms with van der Waals surface area (Å²) in [6, 6.07) is 7.43. The number of hydrogen-bond donors (Lipinski definition) is 0. The second-order valence-electron chi connectivity index (χ2n) is 7.09. The van der Waals surface area contributed by atoms with Crippen molar-refractivity contribution < 1.29 is 23.7 Å². The first-order valence-electron chi connectivity index (χ1n) is 9.80. The topological polar surface area (TPSA) is 66.9 Å². The molecule has 0 aliphatic carbocycles. The van der Waals surface area contributed by atoms with Crippen LogP contribution in [0.5, 0.6) is 11.5 Å². The molecule has 2 aromatic rings. The zero-order chi connectivity index (χ0) is 22.1. The lowest BCUT2D eigenvalue weighted by molar-refractivity contribution is -0.140. The zero-order valence-corrected chi connectivity index (χ0v) is 18.1. The molecule has 0 saturated heterocycles. The standard InChI is InChI=1S/C24H29NO5/c1-16(2)23(14-18(5)29-17(3)4)30-22-11-12-25-21-15-19(9-10-20(21)22)28-13-7-8-24(26)27-6/h9-12,14-16H,3,5,7-8,13H2,1-2,4,6H3/b23-14+. The third-order valence-electron chi connectivity index (χ3n) is 4.10. The van der Waals surface area contributed by atoms with Crippen LogP contribution in [0.3, 0.4) is 0 Å². The number of rotatable bonds is 11. The van der Waals surface area contributed by atoms with Crippen LogP contribution in [0.25, 0.3) is 10.9 Å². The van der Waals surface area contributed by atoms with Crippen molar-refractivity contribution >= 4 is 16.9 Å². The van der Waals surface area contributed by atoms with Crippen LogP contribution in [-0.2, 0) is 14.3 Å². The maximum absolute atomic E-state index is 11.2. The molecule has 6 heteroatoms. The molecule has 2 rings (SSSR count). The Bertz CT molecular complexity index is 946. The summed E-state index contributed by atoms with van der Waals surface area (Å²) in [6.07, 6.45) is 4.37. The van der Waals surface area contributed by atoms with E-state index in [1.807, 2.05) is 38.1 Å². The van der Waals surface area contributed by atoms with Crippen LogP contribution in [0, 0.1) is 5.92 Å². The third-order valence-corrected chi connectivity index (χ3v) is 4.10. The molecule has 0 N–H and O–H groups in total. The van der Waals surface area contributed by atoms with Gasteiger partial charge >= 0.3 is 5.97 Å². The molecule has 0 atom stereocenters. The van der Waals surface area contributed by atoms with Crippen molar-refractivity contribution in [3.8, 4) is 11.5 Å². The second-order valence-corrected chi connectivity index (χ2v) is 7.09. The molecule has 0 spiro atoms. The van der Waals surface area contributed by atoms with Crippen molar-refractivity contribution in [3.63, 3.8) is 0 Å². The van der Waals surface area contributed by atoms with Crippen LogP contribution in [0.2, 0.25) is 0 Å². The van der Waals surface area contributed by atoms with Crippen LogP contribution in [-0.4, -0.2) is 24.7 Å².